The molecule has 0 saturated carbocycles. The van der Waals surface area contributed by atoms with Crippen LogP contribution in [0.25, 0.3) is 0 Å². The van der Waals surface area contributed by atoms with E-state index in [4.69, 9.17) is 4.74 Å². The number of rotatable bonds is 3. The van der Waals surface area contributed by atoms with Crippen LogP contribution in [0.1, 0.15) is 11.8 Å². The predicted molar refractivity (Wildman–Crippen MR) is 40.1 cm³/mol. The molecule has 0 bridgehead atoms. The summed E-state index contributed by atoms with van der Waals surface area (Å²) in [5.41, 5.74) is 0. The van der Waals surface area contributed by atoms with Crippen molar-refractivity contribution < 1.29 is 20.6 Å². The zero-order chi connectivity index (χ0) is 7.40. The van der Waals surface area contributed by atoms with Gasteiger partial charge < -0.3 is 0 Å². The molecule has 0 atom stereocenters. The van der Waals surface area contributed by atoms with E-state index >= 15 is 0 Å². The molecule has 0 aliphatic carbocycles. The quantitative estimate of drug-likeness (QED) is 0.709. The third-order valence-corrected chi connectivity index (χ3v) is 2.61. The van der Waals surface area contributed by atoms with E-state index in [9.17, 15) is 0 Å². The van der Waals surface area contributed by atoms with Crippen LogP contribution in [-0.2, 0) is 20.6 Å². The van der Waals surface area contributed by atoms with Gasteiger partial charge in [-0.1, -0.05) is 0 Å². The fraction of sp³-hybridized carbons (Fsp3) is 0.286. The summed E-state index contributed by atoms with van der Waals surface area (Å²) < 4.78 is 6.16. The maximum atomic E-state index is 5.26. The monoisotopic (exact) mass is 192 g/mol. The van der Waals surface area contributed by atoms with Crippen molar-refractivity contribution in [3.63, 3.8) is 0 Å². The zero-order valence-corrected chi connectivity index (χ0v) is 7.76. The minimum atomic E-state index is 0.722. The van der Waals surface area contributed by atoms with Gasteiger partial charge in [-0.2, -0.15) is 0 Å². The summed E-state index contributed by atoms with van der Waals surface area (Å²) in [6.07, 6.45) is 0. The summed E-state index contributed by atoms with van der Waals surface area (Å²) in [6, 6.07) is 4.04. The first kappa shape index (κ1) is 8.16. The second-order valence-corrected chi connectivity index (χ2v) is 3.22. The van der Waals surface area contributed by atoms with Gasteiger partial charge in [0.2, 0.25) is 0 Å². The van der Waals surface area contributed by atoms with Gasteiger partial charge in [-0.25, -0.2) is 0 Å². The zero-order valence-electron chi connectivity index (χ0n) is 5.66. The van der Waals surface area contributed by atoms with Gasteiger partial charge >= 0.3 is 72.4 Å². The van der Waals surface area contributed by atoms with Crippen molar-refractivity contribution in [3.05, 3.63) is 22.4 Å². The SMILES string of the molecule is CCO[C](=[Cr])c1cccs1. The molecule has 1 aromatic rings. The third-order valence-electron chi connectivity index (χ3n) is 0.998. The van der Waals surface area contributed by atoms with Crippen molar-refractivity contribution in [2.75, 3.05) is 6.61 Å². The van der Waals surface area contributed by atoms with Crippen LogP contribution < -0.4 is 0 Å². The van der Waals surface area contributed by atoms with Crippen LogP contribution >= 0.6 is 11.3 Å². The molecule has 0 amide bonds. The normalized spacial score (nSPS) is 9.70. The predicted octanol–water partition coefficient (Wildman–Crippen LogP) is 1.81. The molecule has 0 unspecified atom stereocenters. The standard InChI is InChI=1S/C7H8OS.Cr/c1-2-8-6-7-4-3-5-9-7;/h3-5H,2H2,1H3;. The maximum absolute atomic E-state index is 5.26. The Morgan fingerprint density at radius 3 is 3.10 bits per heavy atom. The molecule has 3 heteroatoms. The van der Waals surface area contributed by atoms with Crippen molar-refractivity contribution in [3.8, 4) is 0 Å². The molecule has 1 nitrogen and oxygen atoms in total. The molecule has 0 aliphatic rings. The van der Waals surface area contributed by atoms with Crippen molar-refractivity contribution in [2.24, 2.45) is 0 Å². The Morgan fingerprint density at radius 2 is 2.60 bits per heavy atom. The molecule has 0 N–H and O–H groups in total. The van der Waals surface area contributed by atoms with E-state index in [1.54, 1.807) is 11.3 Å². The molecule has 0 aliphatic heterocycles. The van der Waals surface area contributed by atoms with Gasteiger partial charge in [0.15, 0.2) is 0 Å². The molecule has 10 heavy (non-hydrogen) atoms. The van der Waals surface area contributed by atoms with Gasteiger partial charge in [0.25, 0.3) is 0 Å². The molecular weight excluding hydrogens is 184 g/mol. The van der Waals surface area contributed by atoms with Crippen molar-refractivity contribution >= 4 is 15.9 Å². The van der Waals surface area contributed by atoms with Crippen LogP contribution in [0.4, 0.5) is 0 Å². The summed E-state index contributed by atoms with van der Waals surface area (Å²) >= 11 is 4.56. The number of ether oxygens (including phenoxy) is 1. The van der Waals surface area contributed by atoms with E-state index in [2.05, 4.69) is 15.9 Å². The van der Waals surface area contributed by atoms with Crippen molar-refractivity contribution in [2.45, 2.75) is 6.92 Å². The van der Waals surface area contributed by atoms with Gasteiger partial charge in [0, 0.05) is 0 Å². The van der Waals surface area contributed by atoms with Gasteiger partial charge in [0.1, 0.15) is 0 Å². The Bertz CT molecular complexity index is 205. The Morgan fingerprint density at radius 1 is 1.80 bits per heavy atom. The topological polar surface area (TPSA) is 9.23 Å². The molecule has 1 rings (SSSR count). The molecular formula is C7H8CrOS. The molecule has 1 heterocycles. The van der Waals surface area contributed by atoms with Crippen molar-refractivity contribution in [1.82, 2.24) is 0 Å². The van der Waals surface area contributed by atoms with Gasteiger partial charge in [0.05, 0.1) is 0 Å². The molecule has 0 aromatic carbocycles. The molecule has 0 fully saturated rings. The second-order valence-electron chi connectivity index (χ2n) is 1.70. The first-order valence-corrected chi connectivity index (χ1v) is 4.57. The number of thiophene rings is 1. The first-order chi connectivity index (χ1) is 4.84. The molecule has 0 radical (unpaired) electrons. The van der Waals surface area contributed by atoms with Crippen LogP contribution in [0.3, 0.4) is 0 Å². The summed E-state index contributed by atoms with van der Waals surface area (Å²) in [7, 11) is 0. The van der Waals surface area contributed by atoms with Crippen molar-refractivity contribution in [1.29, 1.82) is 0 Å². The van der Waals surface area contributed by atoms with Crippen LogP contribution in [0.15, 0.2) is 17.5 Å². The van der Waals surface area contributed by atoms with E-state index in [1.165, 1.54) is 4.88 Å². The van der Waals surface area contributed by atoms with Crippen LogP contribution in [0.5, 0.6) is 0 Å². The van der Waals surface area contributed by atoms with Crippen LogP contribution in [0.2, 0.25) is 0 Å². The van der Waals surface area contributed by atoms with E-state index < -0.39 is 0 Å². The Kier molecular flexibility index (Phi) is 3.30. The second kappa shape index (κ2) is 4.05. The molecule has 54 valence electrons. The third kappa shape index (κ3) is 2.03. The Balaban J connectivity index is 2.59. The first-order valence-electron chi connectivity index (χ1n) is 3.05. The van der Waals surface area contributed by atoms with E-state index in [-0.39, 0.29) is 0 Å². The number of hydrogen-bond donors (Lipinski definition) is 0. The average molecular weight is 192 g/mol. The fourth-order valence-electron chi connectivity index (χ4n) is 0.597. The van der Waals surface area contributed by atoms with Crippen LogP contribution in [0, 0.1) is 0 Å². The van der Waals surface area contributed by atoms with Crippen LogP contribution in [-0.4, -0.2) is 11.2 Å². The Hall–Kier alpha value is 0.0625. The van der Waals surface area contributed by atoms with E-state index in [1.807, 2.05) is 24.4 Å². The molecule has 0 saturated heterocycles. The van der Waals surface area contributed by atoms with E-state index in [0.717, 1.165) is 11.2 Å². The summed E-state index contributed by atoms with van der Waals surface area (Å²) in [6.45, 7) is 2.70. The van der Waals surface area contributed by atoms with E-state index in [0.29, 0.717) is 0 Å². The molecule has 1 aromatic heterocycles. The van der Waals surface area contributed by atoms with Gasteiger partial charge in [-0.3, -0.25) is 0 Å². The molecule has 0 spiro atoms. The summed E-state index contributed by atoms with van der Waals surface area (Å²) in [5.74, 6) is 0. The summed E-state index contributed by atoms with van der Waals surface area (Å²) in [5, 5.41) is 2.03. The Labute approximate surface area is 72.6 Å². The fourth-order valence-corrected chi connectivity index (χ4v) is 1.73. The average Bonchev–Trinajstić information content (AvgIpc) is 2.38. The minimum absolute atomic E-state index is 0.722. The number of hydrogen-bond acceptors (Lipinski definition) is 2. The van der Waals surface area contributed by atoms with Gasteiger partial charge in [-0.05, 0) is 0 Å². The van der Waals surface area contributed by atoms with Gasteiger partial charge in [-0.15, -0.1) is 0 Å². The summed E-state index contributed by atoms with van der Waals surface area (Å²) in [4.78, 5) is 1.17.